The third-order valence-corrected chi connectivity index (χ3v) is 19.6. The molecule has 3 atom stereocenters. The van der Waals surface area contributed by atoms with Crippen molar-refractivity contribution >= 4 is 19.7 Å². The van der Waals surface area contributed by atoms with E-state index in [0.29, 0.717) is 23.9 Å². The lowest BCUT2D eigenvalue weighted by atomic mass is 10.0. The Morgan fingerprint density at radius 1 is 0.385 bits per heavy atom. The highest BCUT2D eigenvalue weighted by atomic mass is 31.2. The number of nitrogens with zero attached hydrogens (tertiary/aromatic N) is 1. The van der Waals surface area contributed by atoms with Crippen molar-refractivity contribution in [2.75, 3.05) is 40.9 Å². The summed E-state index contributed by atoms with van der Waals surface area (Å²) in [7, 11) is 1.52. The van der Waals surface area contributed by atoms with E-state index in [0.717, 1.165) is 64.2 Å². The maximum atomic E-state index is 13.7. The SMILES string of the molecule is CCCCC/C=C\C/C=C\CCCCCCCCCCCCCCCCCCCC(=O)OC(/C=C/CCCCCCCCCCC)C(COP(=O)(O)OCC[N+](C)(C)C)NC(=O)CCCCCCCCCCCCCCCCCCCCCCCCCCCCC. The van der Waals surface area contributed by atoms with Crippen LogP contribution in [-0.2, 0) is 27.9 Å². The number of hydrogen-bond acceptors (Lipinski definition) is 6. The number of rotatable bonds is 75. The van der Waals surface area contributed by atoms with Gasteiger partial charge in [-0.1, -0.05) is 379 Å². The van der Waals surface area contributed by atoms with Crippen molar-refractivity contribution in [3.05, 3.63) is 36.5 Å². The maximum Gasteiger partial charge on any atom is 0.472 e. The highest BCUT2D eigenvalue weighted by Crippen LogP contribution is 2.43. The van der Waals surface area contributed by atoms with Crippen LogP contribution in [0.4, 0.5) is 0 Å². The van der Waals surface area contributed by atoms with E-state index in [1.54, 1.807) is 0 Å². The summed E-state index contributed by atoms with van der Waals surface area (Å²) in [6, 6.07) is -0.845. The predicted octanol–water partition coefficient (Wildman–Crippen LogP) is 26.1. The first-order valence-electron chi connectivity index (χ1n) is 40.3. The molecule has 0 rings (SSSR count). The Balaban J connectivity index is 4.82. The first kappa shape index (κ1) is 89.2. The highest BCUT2D eigenvalue weighted by Gasteiger charge is 2.30. The van der Waals surface area contributed by atoms with Gasteiger partial charge in [-0.25, -0.2) is 4.57 Å². The van der Waals surface area contributed by atoms with Gasteiger partial charge in [0.1, 0.15) is 19.3 Å². The lowest BCUT2D eigenvalue weighted by molar-refractivity contribution is -0.870. The van der Waals surface area contributed by atoms with Gasteiger partial charge in [0.2, 0.25) is 5.91 Å². The highest BCUT2D eigenvalue weighted by molar-refractivity contribution is 7.47. The van der Waals surface area contributed by atoms with Gasteiger partial charge in [-0.3, -0.25) is 18.6 Å². The average molecular weight is 1300 g/mol. The number of likely N-dealkylation sites (N-methyl/N-ethyl adjacent to an activating group) is 1. The minimum Gasteiger partial charge on any atom is -0.456 e. The topological polar surface area (TPSA) is 111 Å². The van der Waals surface area contributed by atoms with Crippen LogP contribution in [0.1, 0.15) is 419 Å². The summed E-state index contributed by atoms with van der Waals surface area (Å²) in [5.74, 6) is -0.479. The number of allylic oxidation sites excluding steroid dienone is 5. The van der Waals surface area contributed by atoms with Gasteiger partial charge in [-0.2, -0.15) is 0 Å². The lowest BCUT2D eigenvalue weighted by Crippen LogP contribution is -2.47. The molecule has 0 heterocycles. The zero-order valence-corrected chi connectivity index (χ0v) is 62.8. The van der Waals surface area contributed by atoms with Gasteiger partial charge in [0.25, 0.3) is 0 Å². The standard InChI is InChI=1S/C81H157N2O7P/c1-7-10-13-16-19-22-25-27-29-31-33-35-37-39-41-43-45-47-49-51-53-55-58-61-64-67-70-73-80(84)82-78(77-89-91(86,87)88-76-75-83(4,5)6)79(72-69-66-63-60-57-24-21-18-15-12-9-3)90-81(85)74-71-68-65-62-59-56-54-52-50-48-46-44-42-40-38-36-34-32-30-28-26-23-20-17-14-11-8-2/h20,23,28,30,69,72,78-79H,7-19,21-22,24-27,29,31-68,70-71,73-77H2,1-6H3,(H-,82,84,86,87)/p+1/b23-20-,30-28-,72-69+. The fraction of sp³-hybridized carbons (Fsp3) is 0.901. The predicted molar refractivity (Wildman–Crippen MR) is 397 cm³/mol. The minimum atomic E-state index is -4.45. The number of carbonyl (C=O) groups excluding carboxylic acids is 2. The quantitative estimate of drug-likeness (QED) is 0.0205. The van der Waals surface area contributed by atoms with Gasteiger partial charge < -0.3 is 19.4 Å². The Bertz CT molecular complexity index is 1650. The van der Waals surface area contributed by atoms with E-state index in [4.69, 9.17) is 13.8 Å². The number of unbranched alkanes of at least 4 members (excludes halogenated alkanes) is 55. The van der Waals surface area contributed by atoms with E-state index in [1.165, 1.54) is 321 Å². The maximum absolute atomic E-state index is 13.7. The van der Waals surface area contributed by atoms with Crippen molar-refractivity contribution in [1.29, 1.82) is 0 Å². The van der Waals surface area contributed by atoms with E-state index in [2.05, 4.69) is 56.5 Å². The van der Waals surface area contributed by atoms with Crippen LogP contribution < -0.4 is 5.32 Å². The second-order valence-electron chi connectivity index (χ2n) is 29.0. The molecule has 0 aliphatic heterocycles. The molecule has 0 aromatic carbocycles. The fourth-order valence-corrected chi connectivity index (χ4v) is 13.1. The van der Waals surface area contributed by atoms with Crippen LogP contribution in [-0.4, -0.2) is 74.3 Å². The molecule has 0 spiro atoms. The van der Waals surface area contributed by atoms with Crippen LogP contribution in [0.2, 0.25) is 0 Å². The number of phosphoric acid groups is 1. The van der Waals surface area contributed by atoms with Crippen LogP contribution >= 0.6 is 7.82 Å². The van der Waals surface area contributed by atoms with Gasteiger partial charge in [-0.15, -0.1) is 0 Å². The molecular weight excluding hydrogens is 1140 g/mol. The Morgan fingerprint density at radius 2 is 0.670 bits per heavy atom. The minimum absolute atomic E-state index is 0.0442. The van der Waals surface area contributed by atoms with Crippen LogP contribution in [0.25, 0.3) is 0 Å². The van der Waals surface area contributed by atoms with Crippen molar-refractivity contribution in [1.82, 2.24) is 5.32 Å². The zero-order chi connectivity index (χ0) is 66.3. The van der Waals surface area contributed by atoms with E-state index in [-0.39, 0.29) is 25.1 Å². The molecule has 0 aliphatic carbocycles. The average Bonchev–Trinajstić information content (AvgIpc) is 3.03. The Kier molecular flexibility index (Phi) is 69.6. The van der Waals surface area contributed by atoms with Crippen molar-refractivity contribution < 1.29 is 37.3 Å². The van der Waals surface area contributed by atoms with E-state index < -0.39 is 20.0 Å². The van der Waals surface area contributed by atoms with Gasteiger partial charge in [0.15, 0.2) is 0 Å². The van der Waals surface area contributed by atoms with Crippen LogP contribution in [0.3, 0.4) is 0 Å². The monoisotopic (exact) mass is 1300 g/mol. The lowest BCUT2D eigenvalue weighted by Gasteiger charge is -2.27. The number of hydrogen-bond donors (Lipinski definition) is 2. The number of ether oxygens (including phenoxy) is 1. The van der Waals surface area contributed by atoms with Gasteiger partial charge in [-0.05, 0) is 63.9 Å². The molecule has 0 aromatic rings. The smallest absolute Gasteiger partial charge is 0.456 e. The number of esters is 1. The molecule has 0 radical (unpaired) electrons. The molecule has 3 unspecified atom stereocenters. The molecule has 10 heteroatoms. The molecule has 2 N–H and O–H groups in total. The number of quaternary nitrogens is 1. The molecular formula is C81H158N2O7P+. The van der Waals surface area contributed by atoms with Crippen molar-refractivity contribution in [2.24, 2.45) is 0 Å². The molecule has 0 saturated heterocycles. The fourth-order valence-electron chi connectivity index (χ4n) is 12.4. The molecule has 0 aliphatic rings. The summed E-state index contributed by atoms with van der Waals surface area (Å²) in [5, 5.41) is 3.09. The first-order chi connectivity index (χ1) is 44.4. The molecule has 9 nitrogen and oxygen atoms in total. The summed E-state index contributed by atoms with van der Waals surface area (Å²) >= 11 is 0. The summed E-state index contributed by atoms with van der Waals surface area (Å²) in [4.78, 5) is 38.0. The van der Waals surface area contributed by atoms with Crippen LogP contribution in [0, 0.1) is 0 Å². The van der Waals surface area contributed by atoms with Gasteiger partial charge in [0, 0.05) is 12.8 Å². The van der Waals surface area contributed by atoms with E-state index in [9.17, 15) is 19.0 Å². The number of phosphoric ester groups is 1. The molecule has 91 heavy (non-hydrogen) atoms. The molecule has 538 valence electrons. The van der Waals surface area contributed by atoms with Crippen LogP contribution in [0.5, 0.6) is 0 Å². The van der Waals surface area contributed by atoms with Crippen molar-refractivity contribution in [2.45, 2.75) is 431 Å². The summed E-state index contributed by atoms with van der Waals surface area (Å²) in [5.41, 5.74) is 0. The van der Waals surface area contributed by atoms with Gasteiger partial charge >= 0.3 is 13.8 Å². The largest absolute Gasteiger partial charge is 0.472 e. The third kappa shape index (κ3) is 72.3. The number of carbonyl (C=O) groups is 2. The zero-order valence-electron chi connectivity index (χ0n) is 61.9. The van der Waals surface area contributed by atoms with E-state index in [1.807, 2.05) is 27.2 Å². The number of nitrogens with one attached hydrogen (secondary N) is 1. The van der Waals surface area contributed by atoms with Crippen molar-refractivity contribution in [3.63, 3.8) is 0 Å². The summed E-state index contributed by atoms with van der Waals surface area (Å²) in [6.45, 7) is 7.07. The number of amides is 1. The Hall–Kier alpha value is -1.77. The second-order valence-corrected chi connectivity index (χ2v) is 30.4. The summed E-state index contributed by atoms with van der Waals surface area (Å²) in [6.07, 6.45) is 90.5. The Labute approximate surface area is 567 Å². The van der Waals surface area contributed by atoms with Crippen LogP contribution in [0.15, 0.2) is 36.5 Å². The normalized spacial score (nSPS) is 13.5. The Morgan fingerprint density at radius 3 is 1.01 bits per heavy atom. The second kappa shape index (κ2) is 71.0. The van der Waals surface area contributed by atoms with Gasteiger partial charge in [0.05, 0.1) is 33.8 Å². The third-order valence-electron chi connectivity index (χ3n) is 18.6. The molecule has 1 amide bonds. The summed E-state index contributed by atoms with van der Waals surface area (Å²) < 4.78 is 30.9. The molecule has 0 aromatic heterocycles. The molecule has 0 bridgehead atoms. The molecule has 0 saturated carbocycles. The first-order valence-corrected chi connectivity index (χ1v) is 41.8. The van der Waals surface area contributed by atoms with Crippen molar-refractivity contribution in [3.8, 4) is 0 Å². The molecule has 0 fully saturated rings. The van der Waals surface area contributed by atoms with E-state index >= 15 is 0 Å².